The molecule has 2 aliphatic rings. The fourth-order valence-corrected chi connectivity index (χ4v) is 3.20. The summed E-state index contributed by atoms with van der Waals surface area (Å²) in [6.07, 6.45) is 4.19. The van der Waals surface area contributed by atoms with Crippen LogP contribution in [0.3, 0.4) is 0 Å². The molecular weight excluding hydrogens is 214 g/mol. The fourth-order valence-electron chi connectivity index (χ4n) is 1.95. The third-order valence-electron chi connectivity index (χ3n) is 2.90. The van der Waals surface area contributed by atoms with Gasteiger partial charge in [-0.1, -0.05) is 6.08 Å². The molecule has 0 amide bonds. The lowest BCUT2D eigenvalue weighted by molar-refractivity contribution is 0.155. The number of hydrogen-bond acceptors (Lipinski definition) is 4. The van der Waals surface area contributed by atoms with E-state index < -0.39 is 9.84 Å². The first-order valence-corrected chi connectivity index (χ1v) is 6.98. The normalized spacial score (nSPS) is 30.6. The van der Waals surface area contributed by atoms with Gasteiger partial charge in [0.25, 0.3) is 0 Å². The van der Waals surface area contributed by atoms with Crippen molar-refractivity contribution in [3.8, 4) is 0 Å². The number of ether oxygens (including phenoxy) is 1. The molecule has 2 atom stereocenters. The zero-order valence-corrected chi connectivity index (χ0v) is 9.66. The van der Waals surface area contributed by atoms with Crippen LogP contribution in [0.4, 0.5) is 0 Å². The first-order chi connectivity index (χ1) is 7.11. The minimum Gasteiger partial charge on any atom is -0.383 e. The smallest absolute Gasteiger partial charge is 0.173 e. The van der Waals surface area contributed by atoms with Crippen molar-refractivity contribution in [1.29, 1.82) is 0 Å². The highest BCUT2D eigenvalue weighted by Gasteiger charge is 2.33. The standard InChI is InChI=1S/C10H17NO3S/c1-14-6-10(8-2-3-8)11-9-4-5-15(12,13)7-9/h4-5,8-11H,2-3,6-7H2,1H3. The Morgan fingerprint density at radius 2 is 2.27 bits per heavy atom. The van der Waals surface area contributed by atoms with Gasteiger partial charge in [0.2, 0.25) is 0 Å². The molecule has 1 aliphatic carbocycles. The molecule has 0 saturated heterocycles. The highest BCUT2D eigenvalue weighted by atomic mass is 32.2. The SMILES string of the molecule is COCC(NC1C=CS(=O)(=O)C1)C1CC1. The van der Waals surface area contributed by atoms with E-state index in [0.717, 1.165) is 0 Å². The molecule has 15 heavy (non-hydrogen) atoms. The first-order valence-electron chi connectivity index (χ1n) is 5.26. The lowest BCUT2D eigenvalue weighted by Gasteiger charge is -2.20. The van der Waals surface area contributed by atoms with Gasteiger partial charge in [-0.15, -0.1) is 0 Å². The predicted molar refractivity (Wildman–Crippen MR) is 58.2 cm³/mol. The van der Waals surface area contributed by atoms with E-state index in [4.69, 9.17) is 4.74 Å². The number of sulfone groups is 1. The fraction of sp³-hybridized carbons (Fsp3) is 0.800. The highest BCUT2D eigenvalue weighted by molar-refractivity contribution is 7.94. The molecule has 1 saturated carbocycles. The number of rotatable bonds is 5. The van der Waals surface area contributed by atoms with Crippen LogP contribution in [0.25, 0.3) is 0 Å². The van der Waals surface area contributed by atoms with E-state index in [1.807, 2.05) is 0 Å². The summed E-state index contributed by atoms with van der Waals surface area (Å²) in [6, 6.07) is 0.272. The quantitative estimate of drug-likeness (QED) is 0.740. The van der Waals surface area contributed by atoms with Gasteiger partial charge in [0.05, 0.1) is 12.4 Å². The molecule has 0 bridgehead atoms. The van der Waals surface area contributed by atoms with Gasteiger partial charge in [0, 0.05) is 24.6 Å². The Labute approximate surface area is 90.6 Å². The Morgan fingerprint density at radius 3 is 2.73 bits per heavy atom. The average molecular weight is 231 g/mol. The molecule has 5 heteroatoms. The summed E-state index contributed by atoms with van der Waals surface area (Å²) in [7, 11) is -1.27. The van der Waals surface area contributed by atoms with E-state index in [-0.39, 0.29) is 11.8 Å². The minimum absolute atomic E-state index is 0.0317. The van der Waals surface area contributed by atoms with Crippen LogP contribution in [0.15, 0.2) is 11.5 Å². The van der Waals surface area contributed by atoms with Crippen molar-refractivity contribution in [2.75, 3.05) is 19.5 Å². The molecule has 0 spiro atoms. The zero-order chi connectivity index (χ0) is 10.9. The van der Waals surface area contributed by atoms with Crippen molar-refractivity contribution in [3.63, 3.8) is 0 Å². The summed E-state index contributed by atoms with van der Waals surface area (Å²) in [4.78, 5) is 0. The molecule has 0 radical (unpaired) electrons. The van der Waals surface area contributed by atoms with Crippen molar-refractivity contribution < 1.29 is 13.2 Å². The molecule has 2 unspecified atom stereocenters. The monoisotopic (exact) mass is 231 g/mol. The number of hydrogen-bond donors (Lipinski definition) is 1. The second-order valence-corrected chi connectivity index (χ2v) is 6.26. The van der Waals surface area contributed by atoms with E-state index in [1.165, 1.54) is 18.2 Å². The van der Waals surface area contributed by atoms with Crippen LogP contribution in [0.1, 0.15) is 12.8 Å². The van der Waals surface area contributed by atoms with Crippen LogP contribution < -0.4 is 5.32 Å². The first kappa shape index (κ1) is 11.1. The molecule has 0 aromatic rings. The lowest BCUT2D eigenvalue weighted by Crippen LogP contribution is -2.42. The summed E-state index contributed by atoms with van der Waals surface area (Å²) >= 11 is 0. The highest BCUT2D eigenvalue weighted by Crippen LogP contribution is 2.33. The largest absolute Gasteiger partial charge is 0.383 e. The Hall–Kier alpha value is -0.390. The Kier molecular flexibility index (Phi) is 3.13. The molecule has 1 fully saturated rings. The lowest BCUT2D eigenvalue weighted by atomic mass is 10.1. The van der Waals surface area contributed by atoms with Gasteiger partial charge in [-0.3, -0.25) is 0 Å². The predicted octanol–water partition coefficient (Wildman–Crippen LogP) is 0.312. The second kappa shape index (κ2) is 4.23. The molecule has 0 aromatic heterocycles. The van der Waals surface area contributed by atoms with E-state index >= 15 is 0 Å². The van der Waals surface area contributed by atoms with Crippen LogP contribution in [0.2, 0.25) is 0 Å². The number of nitrogens with one attached hydrogen (secondary N) is 1. The van der Waals surface area contributed by atoms with Crippen LogP contribution in [0, 0.1) is 5.92 Å². The molecule has 1 heterocycles. The molecule has 1 N–H and O–H groups in total. The van der Waals surface area contributed by atoms with E-state index in [2.05, 4.69) is 5.32 Å². The van der Waals surface area contributed by atoms with Crippen molar-refractivity contribution in [3.05, 3.63) is 11.5 Å². The molecule has 1 aliphatic heterocycles. The Morgan fingerprint density at radius 1 is 1.53 bits per heavy atom. The second-order valence-electron chi connectivity index (χ2n) is 4.33. The van der Waals surface area contributed by atoms with Crippen molar-refractivity contribution in [2.45, 2.75) is 24.9 Å². The average Bonchev–Trinajstić information content (AvgIpc) is 2.92. The van der Waals surface area contributed by atoms with Crippen LogP contribution >= 0.6 is 0 Å². The zero-order valence-electron chi connectivity index (χ0n) is 8.85. The van der Waals surface area contributed by atoms with E-state index in [1.54, 1.807) is 13.2 Å². The molecule has 2 rings (SSSR count). The maximum atomic E-state index is 11.2. The topological polar surface area (TPSA) is 55.4 Å². The summed E-state index contributed by atoms with van der Waals surface area (Å²) in [6.45, 7) is 0.662. The van der Waals surface area contributed by atoms with Gasteiger partial charge in [-0.2, -0.15) is 0 Å². The van der Waals surface area contributed by atoms with E-state index in [9.17, 15) is 8.42 Å². The third-order valence-corrected chi connectivity index (χ3v) is 4.29. The van der Waals surface area contributed by atoms with Crippen molar-refractivity contribution >= 4 is 9.84 Å². The minimum atomic E-state index is -2.95. The maximum Gasteiger partial charge on any atom is 0.173 e. The van der Waals surface area contributed by atoms with Crippen LogP contribution in [-0.2, 0) is 14.6 Å². The number of methoxy groups -OCH3 is 1. The van der Waals surface area contributed by atoms with Crippen molar-refractivity contribution in [1.82, 2.24) is 5.32 Å². The van der Waals surface area contributed by atoms with Crippen LogP contribution in [-0.4, -0.2) is 40.0 Å². The third kappa shape index (κ3) is 3.03. The van der Waals surface area contributed by atoms with Gasteiger partial charge in [-0.05, 0) is 18.8 Å². The van der Waals surface area contributed by atoms with Crippen molar-refractivity contribution in [2.24, 2.45) is 5.92 Å². The molecular formula is C10H17NO3S. The van der Waals surface area contributed by atoms with Gasteiger partial charge >= 0.3 is 0 Å². The maximum absolute atomic E-state index is 11.2. The molecule has 4 nitrogen and oxygen atoms in total. The van der Waals surface area contributed by atoms with Gasteiger partial charge in [0.15, 0.2) is 9.84 Å². The van der Waals surface area contributed by atoms with Crippen LogP contribution in [0.5, 0.6) is 0 Å². The van der Waals surface area contributed by atoms with E-state index in [0.29, 0.717) is 18.6 Å². The summed E-state index contributed by atoms with van der Waals surface area (Å²) in [5.41, 5.74) is 0. The summed E-state index contributed by atoms with van der Waals surface area (Å²) < 4.78 is 27.5. The summed E-state index contributed by atoms with van der Waals surface area (Å²) in [5, 5.41) is 4.65. The van der Waals surface area contributed by atoms with Gasteiger partial charge in [-0.25, -0.2) is 8.42 Å². The molecule has 0 aromatic carbocycles. The molecule has 86 valence electrons. The van der Waals surface area contributed by atoms with Gasteiger partial charge < -0.3 is 10.1 Å². The Bertz CT molecular complexity index is 346. The van der Waals surface area contributed by atoms with Gasteiger partial charge in [0.1, 0.15) is 0 Å². The summed E-state index contributed by atoms with van der Waals surface area (Å²) in [5.74, 6) is 0.863. The Balaban J connectivity index is 1.88.